The smallest absolute Gasteiger partial charge is 0.319 e. The molecule has 0 N–H and O–H groups in total. The van der Waals surface area contributed by atoms with E-state index in [2.05, 4.69) is 15.9 Å². The van der Waals surface area contributed by atoms with Crippen molar-refractivity contribution >= 4 is 27.7 Å². The number of halogens is 1. The predicted molar refractivity (Wildman–Crippen MR) is 63.3 cm³/mol. The standard InChI is InChI=1S/C12H15BrO3/c1-8-4-7-11(10(15)16-2)5-3-6-12(8,13)9(11)14/h4H,3,5-7H2,1-2H3. The maximum Gasteiger partial charge on any atom is 0.319 e. The van der Waals surface area contributed by atoms with E-state index in [1.54, 1.807) is 0 Å². The fourth-order valence-corrected chi connectivity index (χ4v) is 3.60. The zero-order chi connectivity index (χ0) is 12.0. The van der Waals surface area contributed by atoms with E-state index < -0.39 is 9.74 Å². The Labute approximate surface area is 103 Å². The first-order chi connectivity index (χ1) is 7.47. The molecule has 2 aliphatic carbocycles. The first kappa shape index (κ1) is 11.8. The van der Waals surface area contributed by atoms with Crippen LogP contribution in [0.2, 0.25) is 0 Å². The quantitative estimate of drug-likeness (QED) is 0.322. The molecule has 16 heavy (non-hydrogen) atoms. The molecule has 1 saturated carbocycles. The van der Waals surface area contributed by atoms with Gasteiger partial charge in [0.25, 0.3) is 0 Å². The van der Waals surface area contributed by atoms with Crippen molar-refractivity contribution in [3.05, 3.63) is 11.6 Å². The summed E-state index contributed by atoms with van der Waals surface area (Å²) in [5.41, 5.74) is 0.0902. The summed E-state index contributed by atoms with van der Waals surface area (Å²) in [7, 11) is 1.35. The molecule has 2 bridgehead atoms. The normalized spacial score (nSPS) is 37.9. The third-order valence-electron chi connectivity index (χ3n) is 3.88. The SMILES string of the molecule is COC(=O)C12CC=C(C)C(Br)(CCC1)C2=O. The van der Waals surface area contributed by atoms with Crippen molar-refractivity contribution in [3.63, 3.8) is 0 Å². The minimum Gasteiger partial charge on any atom is -0.468 e. The Kier molecular flexibility index (Phi) is 2.73. The molecule has 2 unspecified atom stereocenters. The van der Waals surface area contributed by atoms with Gasteiger partial charge in [-0.05, 0) is 32.6 Å². The average Bonchev–Trinajstić information content (AvgIpc) is 2.27. The molecule has 0 spiro atoms. The third-order valence-corrected chi connectivity index (χ3v) is 5.26. The fraction of sp³-hybridized carbons (Fsp3) is 0.667. The molecule has 0 aromatic heterocycles. The Balaban J connectivity index is 2.50. The highest BCUT2D eigenvalue weighted by Gasteiger charge is 2.59. The summed E-state index contributed by atoms with van der Waals surface area (Å²) in [5.74, 6) is -0.400. The van der Waals surface area contributed by atoms with Crippen LogP contribution in [0.3, 0.4) is 0 Å². The maximum absolute atomic E-state index is 12.5. The van der Waals surface area contributed by atoms with Crippen molar-refractivity contribution in [2.24, 2.45) is 5.41 Å². The number of allylic oxidation sites excluding steroid dienone is 2. The van der Waals surface area contributed by atoms with E-state index in [4.69, 9.17) is 4.74 Å². The number of methoxy groups -OCH3 is 1. The number of carbonyl (C=O) groups is 2. The molecular formula is C12H15BrO3. The Morgan fingerprint density at radius 3 is 2.81 bits per heavy atom. The molecule has 0 aromatic carbocycles. The fourth-order valence-electron chi connectivity index (χ4n) is 2.77. The van der Waals surface area contributed by atoms with Gasteiger partial charge in [0.05, 0.1) is 7.11 Å². The molecule has 1 fully saturated rings. The van der Waals surface area contributed by atoms with E-state index >= 15 is 0 Å². The first-order valence-electron chi connectivity index (χ1n) is 5.47. The van der Waals surface area contributed by atoms with Gasteiger partial charge in [-0.25, -0.2) is 0 Å². The van der Waals surface area contributed by atoms with Crippen LogP contribution in [0, 0.1) is 5.41 Å². The molecule has 4 heteroatoms. The lowest BCUT2D eigenvalue weighted by atomic mass is 9.61. The number of rotatable bonds is 1. The molecule has 2 rings (SSSR count). The van der Waals surface area contributed by atoms with Gasteiger partial charge in [0, 0.05) is 0 Å². The minimum absolute atomic E-state index is 0.0156. The number of carbonyl (C=O) groups excluding carboxylic acids is 2. The second-order valence-corrected chi connectivity index (χ2v) is 6.00. The molecule has 0 radical (unpaired) electrons. The zero-order valence-corrected chi connectivity index (χ0v) is 11.1. The molecule has 2 atom stereocenters. The maximum atomic E-state index is 12.5. The van der Waals surface area contributed by atoms with Gasteiger partial charge >= 0.3 is 5.97 Å². The van der Waals surface area contributed by atoms with Gasteiger partial charge in [-0.1, -0.05) is 27.6 Å². The molecule has 3 nitrogen and oxygen atoms in total. The van der Waals surface area contributed by atoms with Gasteiger partial charge in [0.2, 0.25) is 0 Å². The highest BCUT2D eigenvalue weighted by molar-refractivity contribution is 9.10. The Bertz CT molecular complexity index is 388. The topological polar surface area (TPSA) is 43.4 Å². The molecular weight excluding hydrogens is 272 g/mol. The summed E-state index contributed by atoms with van der Waals surface area (Å²) >= 11 is 3.52. The number of esters is 1. The van der Waals surface area contributed by atoms with Crippen LogP contribution in [0.5, 0.6) is 0 Å². The van der Waals surface area contributed by atoms with Gasteiger partial charge in [-0.3, -0.25) is 9.59 Å². The lowest BCUT2D eigenvalue weighted by molar-refractivity contribution is -0.161. The molecule has 88 valence electrons. The number of ketones is 1. The van der Waals surface area contributed by atoms with Crippen molar-refractivity contribution in [1.82, 2.24) is 0 Å². The summed E-state index contributed by atoms with van der Waals surface area (Å²) in [6.45, 7) is 1.94. The Morgan fingerprint density at radius 1 is 1.50 bits per heavy atom. The van der Waals surface area contributed by atoms with Crippen molar-refractivity contribution in [2.45, 2.75) is 36.9 Å². The van der Waals surface area contributed by atoms with E-state index in [0.717, 1.165) is 18.4 Å². The lowest BCUT2D eigenvalue weighted by Gasteiger charge is -2.45. The van der Waals surface area contributed by atoms with E-state index in [0.29, 0.717) is 12.8 Å². The predicted octanol–water partition coefficient (Wildman–Crippen LogP) is 2.38. The highest BCUT2D eigenvalue weighted by Crippen LogP contribution is 2.52. The second kappa shape index (κ2) is 3.69. The number of hydrogen-bond donors (Lipinski definition) is 0. The van der Waals surface area contributed by atoms with E-state index in [-0.39, 0.29) is 11.8 Å². The molecule has 0 saturated heterocycles. The van der Waals surface area contributed by atoms with Gasteiger partial charge in [0.1, 0.15) is 9.74 Å². The zero-order valence-electron chi connectivity index (χ0n) is 9.51. The highest BCUT2D eigenvalue weighted by atomic mass is 79.9. The third kappa shape index (κ3) is 1.32. The molecule has 2 aliphatic rings. The van der Waals surface area contributed by atoms with E-state index in [1.165, 1.54) is 7.11 Å². The second-order valence-electron chi connectivity index (χ2n) is 4.65. The molecule has 0 aliphatic heterocycles. The van der Waals surface area contributed by atoms with Gasteiger partial charge in [-0.15, -0.1) is 0 Å². The van der Waals surface area contributed by atoms with Crippen molar-refractivity contribution in [2.75, 3.05) is 7.11 Å². The molecule has 0 aromatic rings. The summed E-state index contributed by atoms with van der Waals surface area (Å²) < 4.78 is 4.18. The average molecular weight is 287 g/mol. The molecule has 0 heterocycles. The number of alkyl halides is 1. The Hall–Kier alpha value is -0.640. The lowest BCUT2D eigenvalue weighted by Crippen LogP contribution is -2.55. The Morgan fingerprint density at radius 2 is 2.19 bits per heavy atom. The number of ether oxygens (including phenoxy) is 1. The van der Waals surface area contributed by atoms with E-state index in [9.17, 15) is 9.59 Å². The number of hydrogen-bond acceptors (Lipinski definition) is 3. The van der Waals surface area contributed by atoms with Crippen LogP contribution in [0.4, 0.5) is 0 Å². The first-order valence-corrected chi connectivity index (χ1v) is 6.26. The summed E-state index contributed by atoms with van der Waals surface area (Å²) in [6, 6.07) is 0. The van der Waals surface area contributed by atoms with Crippen LogP contribution in [-0.4, -0.2) is 23.2 Å². The van der Waals surface area contributed by atoms with Gasteiger partial charge < -0.3 is 4.74 Å². The van der Waals surface area contributed by atoms with Crippen LogP contribution in [0.1, 0.15) is 32.6 Å². The van der Waals surface area contributed by atoms with Crippen LogP contribution < -0.4 is 0 Å². The van der Waals surface area contributed by atoms with Crippen LogP contribution in [0.25, 0.3) is 0 Å². The number of fused-ring (bicyclic) bond motifs is 2. The number of Topliss-reactive ketones (excluding diaryl/α,β-unsaturated/α-hetero) is 1. The summed E-state index contributed by atoms with van der Waals surface area (Å²) in [4.78, 5) is 24.3. The summed E-state index contributed by atoms with van der Waals surface area (Å²) in [5, 5.41) is 0. The monoisotopic (exact) mass is 286 g/mol. The van der Waals surface area contributed by atoms with Gasteiger partial charge in [-0.2, -0.15) is 0 Å². The van der Waals surface area contributed by atoms with E-state index in [1.807, 2.05) is 13.0 Å². The minimum atomic E-state index is -0.935. The van der Waals surface area contributed by atoms with Crippen molar-refractivity contribution in [1.29, 1.82) is 0 Å². The molecule has 0 amide bonds. The summed E-state index contributed by atoms with van der Waals surface area (Å²) in [6.07, 6.45) is 4.73. The van der Waals surface area contributed by atoms with Crippen molar-refractivity contribution in [3.8, 4) is 0 Å². The van der Waals surface area contributed by atoms with Crippen LogP contribution >= 0.6 is 15.9 Å². The van der Waals surface area contributed by atoms with Crippen molar-refractivity contribution < 1.29 is 14.3 Å². The largest absolute Gasteiger partial charge is 0.468 e. The van der Waals surface area contributed by atoms with Crippen LogP contribution in [-0.2, 0) is 14.3 Å². The van der Waals surface area contributed by atoms with Crippen LogP contribution in [0.15, 0.2) is 11.6 Å². The van der Waals surface area contributed by atoms with Gasteiger partial charge in [0.15, 0.2) is 5.78 Å².